The fraction of sp³-hybridized carbons (Fsp3) is 0.673. The summed E-state index contributed by atoms with van der Waals surface area (Å²) >= 11 is 0. The number of allylic oxidation sites excluding steroid dienone is 1. The average Bonchev–Trinajstić information content (AvgIpc) is 1.12. The number of esters is 3. The van der Waals surface area contributed by atoms with Crippen LogP contribution in [0.3, 0.4) is 0 Å². The molecule has 17 saturated heterocycles. The Morgan fingerprint density at radius 3 is 1.23 bits per heavy atom. The van der Waals surface area contributed by atoms with Crippen LogP contribution in [-0.2, 0) is 74.2 Å². The van der Waals surface area contributed by atoms with Crippen molar-refractivity contribution in [2.45, 2.75) is 220 Å². The number of carbonyl (C=O) groups excluding carboxylic acids is 5. The van der Waals surface area contributed by atoms with Gasteiger partial charge in [-0.1, -0.05) is 78.9 Å². The van der Waals surface area contributed by atoms with Gasteiger partial charge in [0.1, 0.15) is 24.1 Å². The highest BCUT2D eigenvalue weighted by Gasteiger charge is 2.46. The summed E-state index contributed by atoms with van der Waals surface area (Å²) in [6, 6.07) is 30.3. The van der Waals surface area contributed by atoms with E-state index in [4.69, 9.17) is 35.2 Å². The molecule has 0 radical (unpaired) electrons. The maximum absolute atomic E-state index is 13.5. The number of hydrogen-bond donors (Lipinski definition) is 4. The molecule has 0 spiro atoms. The van der Waals surface area contributed by atoms with Gasteiger partial charge in [0.25, 0.3) is 0 Å². The van der Waals surface area contributed by atoms with Crippen LogP contribution in [0, 0.1) is 44.1 Å². The number of benzene rings is 4. The Morgan fingerprint density at radius 2 is 0.829 bits per heavy atom. The Bertz CT molecular complexity index is 4080. The van der Waals surface area contributed by atoms with E-state index < -0.39 is 32.7 Å². The van der Waals surface area contributed by atoms with Crippen LogP contribution in [0.5, 0.6) is 0 Å². The Labute approximate surface area is 767 Å². The number of aliphatic hydroxyl groups is 1. The van der Waals surface area contributed by atoms with Crippen molar-refractivity contribution in [3.63, 3.8) is 0 Å². The van der Waals surface area contributed by atoms with E-state index in [0.29, 0.717) is 66.0 Å². The van der Waals surface area contributed by atoms with Crippen LogP contribution in [-0.4, -0.2) is 276 Å². The minimum atomic E-state index is -3.28. The molecule has 23 rings (SSSR count). The quantitative estimate of drug-likeness (QED) is 0.0149. The zero-order valence-electron chi connectivity index (χ0n) is 79.2. The lowest BCUT2D eigenvalue weighted by molar-refractivity contribution is -0.144. The summed E-state index contributed by atoms with van der Waals surface area (Å²) in [5, 5.41) is 27.8. The molecular formula is C101H152F3N8O16P. The van der Waals surface area contributed by atoms with Gasteiger partial charge in [0.15, 0.2) is 0 Å². The van der Waals surface area contributed by atoms with E-state index in [2.05, 4.69) is 88.0 Å². The fourth-order valence-electron chi connectivity index (χ4n) is 21.6. The Balaban J connectivity index is 0.000000169. The Kier molecular flexibility index (Phi) is 42.2. The van der Waals surface area contributed by atoms with Crippen LogP contribution in [0.1, 0.15) is 242 Å². The normalized spacial score (nSPS) is 29.2. The van der Waals surface area contributed by atoms with Gasteiger partial charge >= 0.3 is 37.4 Å². The van der Waals surface area contributed by atoms with E-state index in [-0.39, 0.29) is 73.0 Å². The first-order valence-corrected chi connectivity index (χ1v) is 49.7. The van der Waals surface area contributed by atoms with E-state index in [9.17, 15) is 51.3 Å². The number of carboxylic acid groups (broad SMARTS) is 2. The fourth-order valence-corrected chi connectivity index (χ4v) is 23.0. The lowest BCUT2D eigenvalue weighted by Gasteiger charge is -2.48. The van der Waals surface area contributed by atoms with Crippen molar-refractivity contribution < 1.29 is 91.2 Å². The number of nitrogens with one attached hydrogen (secondary N) is 1. The van der Waals surface area contributed by atoms with Crippen molar-refractivity contribution in [3.05, 3.63) is 154 Å². The van der Waals surface area contributed by atoms with E-state index in [1.807, 2.05) is 49.1 Å². The molecule has 718 valence electrons. The van der Waals surface area contributed by atoms with Crippen molar-refractivity contribution in [2.75, 3.05) is 184 Å². The number of fused-ring (bicyclic) bond motifs is 19. The van der Waals surface area contributed by atoms with Crippen LogP contribution in [0.15, 0.2) is 109 Å². The molecule has 0 saturated carbocycles. The van der Waals surface area contributed by atoms with Gasteiger partial charge in [0, 0.05) is 63.9 Å². The predicted octanol–water partition coefficient (Wildman–Crippen LogP) is 16.0. The first-order valence-electron chi connectivity index (χ1n) is 48.7. The molecule has 12 bridgehead atoms. The number of nitrogens with zero attached hydrogens (tertiary/aromatic N) is 7. The van der Waals surface area contributed by atoms with Gasteiger partial charge in [-0.15, -0.1) is 0 Å². The molecule has 19 aliphatic rings. The third-order valence-corrected chi connectivity index (χ3v) is 31.9. The molecule has 4 aromatic carbocycles. The van der Waals surface area contributed by atoms with Gasteiger partial charge in [0.2, 0.25) is 5.91 Å². The molecule has 0 aliphatic carbocycles. The highest BCUT2D eigenvalue weighted by Crippen LogP contribution is 2.50. The molecule has 4 N–H and O–H groups in total. The molecule has 19 aliphatic heterocycles. The van der Waals surface area contributed by atoms with E-state index in [1.54, 1.807) is 26.8 Å². The van der Waals surface area contributed by atoms with Crippen LogP contribution in [0.2, 0.25) is 0 Å². The summed E-state index contributed by atoms with van der Waals surface area (Å²) in [6.07, 6.45) is 32.9. The predicted molar refractivity (Wildman–Crippen MR) is 496 cm³/mol. The monoisotopic (exact) mass is 1820 g/mol. The van der Waals surface area contributed by atoms with Gasteiger partial charge in [-0.2, -0.15) is 0 Å². The van der Waals surface area contributed by atoms with Crippen molar-refractivity contribution >= 4 is 49.6 Å². The average molecular weight is 1820 g/mol. The van der Waals surface area contributed by atoms with Gasteiger partial charge < -0.3 is 83.0 Å². The SMILES string of the molecule is CCOC(=O)/C=C\C12CCN(CC1)CC2.CCOC(=O)CCC12CCN(CC1)CC2.CCOC(=O)CP(=O)(OCC)OCC.CO.Fc1ccc([C@@H]2NCCc3ccccc32)cc1.O=C(CCC12CCN(CC1)C2)N1CCc2ccccc2[C@@H]1c1ccc(F)cc1.O=C(O)CCC12CCN(CC1)CC2.O=C(O)CCC12CCN(CC1)CC2.O=CC12CCN(CC1)CC2.[2H]CF. The summed E-state index contributed by atoms with van der Waals surface area (Å²) in [5.74, 6) is -2.22. The van der Waals surface area contributed by atoms with Crippen LogP contribution in [0.25, 0.3) is 0 Å². The number of hydrogen-bond acceptors (Lipinski definition) is 21. The molecule has 24 nitrogen and oxygen atoms in total. The highest BCUT2D eigenvalue weighted by molar-refractivity contribution is 7.54. The number of halogens is 3. The molecule has 0 unspecified atom stereocenters. The van der Waals surface area contributed by atoms with E-state index in [0.717, 1.165) is 109 Å². The number of aliphatic carboxylic acids is 2. The van der Waals surface area contributed by atoms with Crippen molar-refractivity contribution in [3.8, 4) is 0 Å². The molecular weight excluding hydrogens is 1670 g/mol. The Hall–Kier alpha value is -7.27. The van der Waals surface area contributed by atoms with Crippen molar-refractivity contribution in [1.82, 2.24) is 39.6 Å². The zero-order chi connectivity index (χ0) is 93.6. The second-order valence-electron chi connectivity index (χ2n) is 37.5. The van der Waals surface area contributed by atoms with Crippen molar-refractivity contribution in [2.24, 2.45) is 32.5 Å². The van der Waals surface area contributed by atoms with Crippen LogP contribution >= 0.6 is 7.60 Å². The van der Waals surface area contributed by atoms with Crippen LogP contribution < -0.4 is 5.32 Å². The second-order valence-corrected chi connectivity index (χ2v) is 39.6. The van der Waals surface area contributed by atoms with Gasteiger partial charge in [0.05, 0.1) is 53.6 Å². The second kappa shape index (κ2) is 52.4. The molecule has 28 heteroatoms. The summed E-state index contributed by atoms with van der Waals surface area (Å²) in [5.41, 5.74) is 9.33. The number of ether oxygens (including phenoxy) is 3. The maximum atomic E-state index is 13.5. The van der Waals surface area contributed by atoms with E-state index >= 15 is 0 Å². The lowest BCUT2D eigenvalue weighted by atomic mass is 9.69. The number of carbonyl (C=O) groups is 7. The summed E-state index contributed by atoms with van der Waals surface area (Å²) in [7, 11) is -3.28. The number of aliphatic hydroxyl groups excluding tert-OH is 1. The number of piperidine rings is 16. The highest BCUT2D eigenvalue weighted by atomic mass is 31.2. The molecule has 17 fully saturated rings. The van der Waals surface area contributed by atoms with Crippen molar-refractivity contribution in [1.29, 1.82) is 0 Å². The Morgan fingerprint density at radius 1 is 0.457 bits per heavy atom. The van der Waals surface area contributed by atoms with Gasteiger partial charge in [-0.05, 0) is 378 Å². The van der Waals surface area contributed by atoms with E-state index in [1.165, 1.54) is 241 Å². The third kappa shape index (κ3) is 31.7. The number of alkyl halides is 1. The van der Waals surface area contributed by atoms with Gasteiger partial charge in [-0.25, -0.2) is 13.6 Å². The summed E-state index contributed by atoms with van der Waals surface area (Å²) in [6.45, 7) is 33.7. The molecule has 1 amide bonds. The summed E-state index contributed by atoms with van der Waals surface area (Å²) in [4.78, 5) is 95.7. The molecule has 19 heterocycles. The molecule has 4 aromatic rings. The van der Waals surface area contributed by atoms with Crippen LogP contribution in [0.4, 0.5) is 13.2 Å². The summed E-state index contributed by atoms with van der Waals surface area (Å²) < 4.78 is 78.1. The minimum Gasteiger partial charge on any atom is -0.481 e. The standard InChI is InChI=1S/C24H27FN2O.C15H14FN.C12H21NO2.C12H19NO2.2C10H17NO2.C8H13NO.C8H17O5P.CH3F.CH4O/c25-20-7-5-19(6-8-20)23-21-4-2-1-3-18(21)10-14-27(23)22(28)9-11-24-12-15-26(17-24)16-13-24;16-13-7-5-12(6-8-13)15-14-4-2-1-3-11(14)9-10-17-15;2*1-2-15-11(14)3-4-12-5-8-13(9-6-12)10-7-12;2*12-9(13)1-2-10-3-6-11(7-4-10)8-5-10;10-7-8-1-4-9(5-2-8)6-3-8;1-4-11-8(9)7-14(10,12-5-2)13-6-3;2*1-2/h1-8,23H,9-17H2;1-8,15,17H,9-10H2;2-10H2,1H3;3-4H,2,5-10H2,1H3;2*1-8H2,(H,12,13);7H,1-6H2;4-7H2,1-3H3;1H3;2H,1H3/b;;;4-3-;;;;;;/t23-;15-;;;;;;;;/m00......../s1/i;;;;;;;;1D;. The molecule has 0 aromatic heterocycles. The largest absolute Gasteiger partial charge is 0.481 e. The maximum Gasteiger partial charge on any atom is 0.341 e. The zero-order valence-corrected chi connectivity index (χ0v) is 79.1. The lowest BCUT2D eigenvalue weighted by Crippen LogP contribution is -2.48. The number of carboxylic acids is 2. The van der Waals surface area contributed by atoms with Gasteiger partial charge in [-0.3, -0.25) is 32.9 Å². The third-order valence-electron chi connectivity index (χ3n) is 29.9. The molecule has 129 heavy (non-hydrogen) atoms. The minimum absolute atomic E-state index is 0.0140. The molecule has 2 atom stereocenters. The number of amides is 1. The topological polar surface area (TPSA) is 278 Å². The first kappa shape index (κ1) is 104. The first-order chi connectivity index (χ1) is 62.7. The number of rotatable bonds is 26. The number of aldehydes is 1. The smallest absolute Gasteiger partial charge is 0.341 e.